The molecule has 3 heterocycles. The van der Waals surface area contributed by atoms with E-state index in [0.717, 1.165) is 69.2 Å². The van der Waals surface area contributed by atoms with Gasteiger partial charge in [0, 0.05) is 48.4 Å². The van der Waals surface area contributed by atoms with Gasteiger partial charge in [0.15, 0.2) is 29.3 Å². The van der Waals surface area contributed by atoms with Crippen molar-refractivity contribution in [2.45, 2.75) is 30.7 Å². The van der Waals surface area contributed by atoms with E-state index < -0.39 is 15.6 Å². The first-order valence-electron chi connectivity index (χ1n) is 13.5. The van der Waals surface area contributed by atoms with Crippen molar-refractivity contribution in [3.63, 3.8) is 0 Å². The van der Waals surface area contributed by atoms with E-state index in [2.05, 4.69) is 42.5 Å². The largest absolute Gasteiger partial charge is 0.522 e. The van der Waals surface area contributed by atoms with Crippen LogP contribution in [0.3, 0.4) is 0 Å². The van der Waals surface area contributed by atoms with Crippen LogP contribution in [0, 0.1) is 0 Å². The number of nitrogens with one attached hydrogen (secondary N) is 2. The lowest BCUT2D eigenvalue weighted by Gasteiger charge is -2.27. The average Bonchev–Trinajstić information content (AvgIpc) is 3.66. The molecule has 2 aromatic carbocycles. The summed E-state index contributed by atoms with van der Waals surface area (Å²) in [6, 6.07) is 5.75. The molecule has 13 nitrogen and oxygen atoms in total. The van der Waals surface area contributed by atoms with Gasteiger partial charge in [0.2, 0.25) is 13.6 Å². The second-order valence-electron chi connectivity index (χ2n) is 9.30. The Morgan fingerprint density at radius 3 is 2.07 bits per heavy atom. The second-order valence-corrected chi connectivity index (χ2v) is 12.4. The van der Waals surface area contributed by atoms with Gasteiger partial charge >= 0.3 is 15.6 Å². The van der Waals surface area contributed by atoms with Gasteiger partial charge in [-0.15, -0.1) is 0 Å². The first kappa shape index (κ1) is 40.2. The molecule has 19 heteroatoms. The third-order valence-electron chi connectivity index (χ3n) is 6.25. The minimum absolute atomic E-state index is 0.0386. The Labute approximate surface area is 282 Å². The van der Waals surface area contributed by atoms with Crippen molar-refractivity contribution < 1.29 is 64.4 Å². The highest BCUT2D eigenvalue weighted by atomic mass is 79.9. The van der Waals surface area contributed by atoms with E-state index in [1.54, 1.807) is 14.2 Å². The number of benzene rings is 2. The van der Waals surface area contributed by atoms with Gasteiger partial charge in [-0.05, 0) is 56.3 Å². The molecule has 0 fully saturated rings. The topological polar surface area (TPSA) is 163 Å². The van der Waals surface area contributed by atoms with Gasteiger partial charge in [-0.2, -0.15) is 21.6 Å². The van der Waals surface area contributed by atoms with Gasteiger partial charge < -0.3 is 48.9 Å². The summed E-state index contributed by atoms with van der Waals surface area (Å²) in [5.74, 6) is 3.17. The Morgan fingerprint density at radius 2 is 1.54 bits per heavy atom. The van der Waals surface area contributed by atoms with Crippen LogP contribution in [0.5, 0.6) is 23.0 Å². The van der Waals surface area contributed by atoms with Gasteiger partial charge in [0.05, 0.1) is 12.7 Å². The lowest BCUT2D eigenvalue weighted by atomic mass is 9.96. The number of ether oxygens (including phenoxy) is 7. The van der Waals surface area contributed by atoms with Crippen LogP contribution in [0.25, 0.3) is 0 Å². The molecule has 3 aliphatic rings. The van der Waals surface area contributed by atoms with E-state index in [-0.39, 0.29) is 25.8 Å². The molecule has 0 saturated carbocycles. The monoisotopic (exact) mass is 812 g/mol. The zero-order valence-electron chi connectivity index (χ0n) is 25.4. The average molecular weight is 814 g/mol. The van der Waals surface area contributed by atoms with Crippen molar-refractivity contribution in [1.29, 1.82) is 0 Å². The number of hydrogen-bond donors (Lipinski definition) is 4. The van der Waals surface area contributed by atoms with E-state index in [1.807, 2.05) is 32.3 Å². The van der Waals surface area contributed by atoms with Crippen molar-refractivity contribution in [2.24, 2.45) is 0 Å². The zero-order chi connectivity index (χ0) is 34.5. The lowest BCUT2D eigenvalue weighted by Crippen LogP contribution is -2.26. The van der Waals surface area contributed by atoms with Crippen LogP contribution in [0.1, 0.15) is 22.8 Å². The molecule has 5 rings (SSSR count). The minimum atomic E-state index is -5.84. The Kier molecular flexibility index (Phi) is 16.8. The van der Waals surface area contributed by atoms with Gasteiger partial charge in [-0.3, -0.25) is 4.55 Å². The van der Waals surface area contributed by atoms with E-state index in [1.165, 1.54) is 5.56 Å². The van der Waals surface area contributed by atoms with Crippen molar-refractivity contribution in [2.75, 3.05) is 68.2 Å². The van der Waals surface area contributed by atoms with Crippen LogP contribution in [0.2, 0.25) is 0 Å². The fraction of sp³-hybridized carbons (Fsp3) is 0.556. The maximum Gasteiger partial charge on any atom is 0.522 e. The predicted octanol–water partition coefficient (Wildman–Crippen LogP) is 3.94. The second kappa shape index (κ2) is 19.2. The number of fused-ring (bicyclic) bond motifs is 4. The predicted molar refractivity (Wildman–Crippen MR) is 167 cm³/mol. The number of aliphatic hydroxyl groups is 1. The maximum atomic E-state index is 10.7. The molecule has 0 aliphatic carbocycles. The third kappa shape index (κ3) is 11.6. The smallest absolute Gasteiger partial charge is 0.454 e. The van der Waals surface area contributed by atoms with Gasteiger partial charge in [-0.1, -0.05) is 31.9 Å². The standard InChI is InChI=1S/C12H14BrNO3.C9H9BrO3.C5H13NO2.CHF3O3S/c1-14-5-10-11-7(2-3-15-10)8(13)4-9-12(11)17-6-16-9;10-7-4-9-8(12-5-13-9)3-6(7)1-2-11;1-6-4-5(7-2)8-3;2-1(3,4)8(5,6)7/h4,10,14H,2-3,5-6H2,1H3;3-4,11H,1-2,5H2;5-6H,4H2,1-3H3;(H,5,6,7). The summed E-state index contributed by atoms with van der Waals surface area (Å²) in [7, 11) is 1.17. The summed E-state index contributed by atoms with van der Waals surface area (Å²) in [5, 5.41) is 14.9. The molecule has 0 radical (unpaired) electrons. The molecule has 0 saturated heterocycles. The zero-order valence-corrected chi connectivity index (χ0v) is 29.4. The Hall–Kier alpha value is -1.94. The number of aliphatic hydroxyl groups excluding tert-OH is 1. The minimum Gasteiger partial charge on any atom is -0.454 e. The molecule has 1 atom stereocenters. The summed E-state index contributed by atoms with van der Waals surface area (Å²) < 4.78 is 96.5. The van der Waals surface area contributed by atoms with Crippen LogP contribution in [0.4, 0.5) is 13.2 Å². The van der Waals surface area contributed by atoms with Crippen LogP contribution < -0.4 is 29.6 Å². The number of hydrogen-bond acceptors (Lipinski definition) is 12. The first-order valence-corrected chi connectivity index (χ1v) is 16.5. The van der Waals surface area contributed by atoms with Gasteiger partial charge in [-0.25, -0.2) is 0 Å². The quantitative estimate of drug-likeness (QED) is 0.173. The Bertz CT molecular complexity index is 1360. The highest BCUT2D eigenvalue weighted by Crippen LogP contribution is 2.46. The molecule has 0 bridgehead atoms. The van der Waals surface area contributed by atoms with Crippen LogP contribution in [-0.2, 0) is 37.2 Å². The molecule has 0 amide bonds. The number of halogens is 5. The first-order chi connectivity index (χ1) is 21.7. The summed E-state index contributed by atoms with van der Waals surface area (Å²) >= 11 is 7.01. The van der Waals surface area contributed by atoms with Crippen LogP contribution >= 0.6 is 31.9 Å². The molecule has 3 aliphatic heterocycles. The number of likely N-dealkylation sites (N-methyl/N-ethyl adjacent to an activating group) is 2. The van der Waals surface area contributed by atoms with Crippen molar-refractivity contribution >= 4 is 42.0 Å². The molecule has 4 N–H and O–H groups in total. The molecule has 262 valence electrons. The Morgan fingerprint density at radius 1 is 0.978 bits per heavy atom. The molecule has 0 aromatic heterocycles. The van der Waals surface area contributed by atoms with E-state index >= 15 is 0 Å². The highest BCUT2D eigenvalue weighted by molar-refractivity contribution is 9.10. The molecule has 1 unspecified atom stereocenters. The van der Waals surface area contributed by atoms with Crippen molar-refractivity contribution in [3.05, 3.63) is 43.8 Å². The third-order valence-corrected chi connectivity index (χ3v) is 8.28. The van der Waals surface area contributed by atoms with Crippen LogP contribution in [-0.4, -0.2) is 98.1 Å². The number of methoxy groups -OCH3 is 2. The number of alkyl halides is 3. The summed E-state index contributed by atoms with van der Waals surface area (Å²) in [5.41, 5.74) is -2.09. The maximum absolute atomic E-state index is 10.7. The summed E-state index contributed by atoms with van der Waals surface area (Å²) in [4.78, 5) is 0. The van der Waals surface area contributed by atoms with E-state index in [0.29, 0.717) is 13.2 Å². The van der Waals surface area contributed by atoms with E-state index in [9.17, 15) is 13.2 Å². The molecular weight excluding hydrogens is 777 g/mol. The van der Waals surface area contributed by atoms with Crippen LogP contribution in [0.15, 0.2) is 27.1 Å². The normalized spacial score (nSPS) is 16.0. The van der Waals surface area contributed by atoms with Gasteiger partial charge in [0.25, 0.3) is 0 Å². The molecular formula is C27H37Br2F3N2O11S. The lowest BCUT2D eigenvalue weighted by molar-refractivity contribution is -0.0978. The summed E-state index contributed by atoms with van der Waals surface area (Å²) in [6.07, 6.45) is 1.46. The molecule has 46 heavy (non-hydrogen) atoms. The molecule has 2 aromatic rings. The SMILES string of the molecule is CNCC(OC)OC.CNCC1OCCc2c(Br)cc3c(c21)OCO3.O=S(=O)(O)C(F)(F)F.OCCc1cc2c(cc1Br)OCO2. The van der Waals surface area contributed by atoms with Gasteiger partial charge in [0.1, 0.15) is 0 Å². The molecule has 0 spiro atoms. The van der Waals surface area contributed by atoms with Crippen molar-refractivity contribution in [1.82, 2.24) is 10.6 Å². The van der Waals surface area contributed by atoms with E-state index in [4.69, 9.17) is 51.2 Å². The fourth-order valence-electron chi connectivity index (χ4n) is 4.10. The summed E-state index contributed by atoms with van der Waals surface area (Å²) in [6.45, 7) is 2.97. The Balaban J connectivity index is 0.000000227. The fourth-order valence-corrected chi connectivity index (χ4v) is 5.24. The highest BCUT2D eigenvalue weighted by Gasteiger charge is 2.44. The number of rotatable bonds is 8. The van der Waals surface area contributed by atoms with Crippen molar-refractivity contribution in [3.8, 4) is 23.0 Å².